The molecule has 158 valence electrons. The Hall–Kier alpha value is -3.00. The van der Waals surface area contributed by atoms with Gasteiger partial charge in [0, 0.05) is 13.1 Å². The lowest BCUT2D eigenvalue weighted by Crippen LogP contribution is -2.40. The molecule has 0 atom stereocenters. The van der Waals surface area contributed by atoms with Gasteiger partial charge in [0.05, 0.1) is 5.69 Å². The molecule has 3 heterocycles. The highest BCUT2D eigenvalue weighted by atomic mass is 16.5. The summed E-state index contributed by atoms with van der Waals surface area (Å²) in [5, 5.41) is 7.06. The van der Waals surface area contributed by atoms with Crippen molar-refractivity contribution >= 4 is 17.0 Å². The second-order valence-electron chi connectivity index (χ2n) is 8.08. The first kappa shape index (κ1) is 20.3. The van der Waals surface area contributed by atoms with E-state index in [1.54, 1.807) is 6.92 Å². The molecule has 1 aliphatic heterocycles. The van der Waals surface area contributed by atoms with Crippen molar-refractivity contribution in [2.75, 3.05) is 19.6 Å². The maximum Gasteiger partial charge on any atom is 0.267 e. The number of nitrogens with zero attached hydrogens (tertiary/aromatic N) is 4. The van der Waals surface area contributed by atoms with E-state index in [-0.39, 0.29) is 23.7 Å². The number of aromatic nitrogens is 3. The van der Waals surface area contributed by atoms with Gasteiger partial charge in [-0.05, 0) is 56.8 Å². The first-order valence-corrected chi connectivity index (χ1v) is 10.4. The summed E-state index contributed by atoms with van der Waals surface area (Å²) >= 11 is 0. The quantitative estimate of drug-likeness (QED) is 0.670. The van der Waals surface area contributed by atoms with Gasteiger partial charge in [-0.2, -0.15) is 0 Å². The van der Waals surface area contributed by atoms with Crippen molar-refractivity contribution < 1.29 is 9.32 Å². The molecule has 1 fully saturated rings. The lowest BCUT2D eigenvalue weighted by atomic mass is 9.96. The summed E-state index contributed by atoms with van der Waals surface area (Å²) in [6.07, 6.45) is 3.44. The van der Waals surface area contributed by atoms with Crippen molar-refractivity contribution in [3.63, 3.8) is 0 Å². The number of hydrogen-bond donors (Lipinski definition) is 1. The Balaban J connectivity index is 1.25. The molecule has 0 saturated carbocycles. The van der Waals surface area contributed by atoms with Crippen LogP contribution in [0.25, 0.3) is 11.1 Å². The minimum absolute atomic E-state index is 0.0570. The number of amides is 1. The second kappa shape index (κ2) is 8.79. The standard InChI is InChI=1S/C22H27N5O3/c1-15-5-3-4-6-18(15)12-26-9-7-17(8-10-26)11-23-19(28)13-27-14-24-21-20(22(27)29)16(2)25-30-21/h3-6,14,17H,7-13H2,1-2H3,(H,23,28). The molecule has 8 nitrogen and oxygen atoms in total. The van der Waals surface area contributed by atoms with E-state index in [4.69, 9.17) is 4.52 Å². The molecule has 0 unspecified atom stereocenters. The summed E-state index contributed by atoms with van der Waals surface area (Å²) in [5.74, 6) is 0.273. The molecule has 0 aliphatic carbocycles. The van der Waals surface area contributed by atoms with Crippen LogP contribution in [0.3, 0.4) is 0 Å². The van der Waals surface area contributed by atoms with Crippen LogP contribution in [0, 0.1) is 19.8 Å². The molecule has 0 spiro atoms. The molecular weight excluding hydrogens is 382 g/mol. The Morgan fingerprint density at radius 1 is 1.23 bits per heavy atom. The minimum Gasteiger partial charge on any atom is -0.354 e. The van der Waals surface area contributed by atoms with Crippen LogP contribution in [0.2, 0.25) is 0 Å². The second-order valence-corrected chi connectivity index (χ2v) is 8.08. The molecule has 2 aromatic heterocycles. The zero-order valence-corrected chi connectivity index (χ0v) is 17.4. The van der Waals surface area contributed by atoms with Crippen LogP contribution < -0.4 is 10.9 Å². The number of aryl methyl sites for hydroxylation is 2. The molecule has 0 radical (unpaired) electrons. The number of nitrogens with one attached hydrogen (secondary N) is 1. The number of piperidine rings is 1. The van der Waals surface area contributed by atoms with Gasteiger partial charge in [0.15, 0.2) is 0 Å². The molecule has 1 aromatic carbocycles. The molecule has 8 heteroatoms. The van der Waals surface area contributed by atoms with E-state index in [1.807, 2.05) is 0 Å². The first-order valence-electron chi connectivity index (χ1n) is 10.4. The average molecular weight is 409 g/mol. The smallest absolute Gasteiger partial charge is 0.267 e. The van der Waals surface area contributed by atoms with Gasteiger partial charge in [0.25, 0.3) is 11.3 Å². The van der Waals surface area contributed by atoms with E-state index in [0.29, 0.717) is 23.5 Å². The summed E-state index contributed by atoms with van der Waals surface area (Å²) < 4.78 is 6.29. The van der Waals surface area contributed by atoms with Crippen molar-refractivity contribution in [3.8, 4) is 0 Å². The molecule has 1 amide bonds. The van der Waals surface area contributed by atoms with Crippen LogP contribution in [0.15, 0.2) is 39.9 Å². The molecule has 0 bridgehead atoms. The first-order chi connectivity index (χ1) is 14.5. The van der Waals surface area contributed by atoms with Gasteiger partial charge >= 0.3 is 0 Å². The van der Waals surface area contributed by atoms with Crippen molar-refractivity contribution in [1.29, 1.82) is 0 Å². The maximum atomic E-state index is 12.5. The highest BCUT2D eigenvalue weighted by Crippen LogP contribution is 2.19. The molecule has 3 aromatic rings. The Morgan fingerprint density at radius 2 is 2.00 bits per heavy atom. The van der Waals surface area contributed by atoms with Gasteiger partial charge in [-0.15, -0.1) is 0 Å². The van der Waals surface area contributed by atoms with E-state index in [9.17, 15) is 9.59 Å². The topological polar surface area (TPSA) is 93.3 Å². The summed E-state index contributed by atoms with van der Waals surface area (Å²) in [6, 6.07) is 8.51. The summed E-state index contributed by atoms with van der Waals surface area (Å²) in [4.78, 5) is 31.4. The highest BCUT2D eigenvalue weighted by molar-refractivity contribution is 5.77. The van der Waals surface area contributed by atoms with Gasteiger partial charge in [-0.1, -0.05) is 29.4 Å². The fourth-order valence-corrected chi connectivity index (χ4v) is 3.97. The monoisotopic (exact) mass is 409 g/mol. The van der Waals surface area contributed by atoms with Gasteiger partial charge < -0.3 is 9.84 Å². The fourth-order valence-electron chi connectivity index (χ4n) is 3.97. The third-order valence-electron chi connectivity index (χ3n) is 5.90. The summed E-state index contributed by atoms with van der Waals surface area (Å²) in [6.45, 7) is 7.45. The average Bonchev–Trinajstić information content (AvgIpc) is 3.13. The van der Waals surface area contributed by atoms with Gasteiger partial charge in [0.1, 0.15) is 18.3 Å². The molecular formula is C22H27N5O3. The Labute approximate surface area is 174 Å². The predicted octanol–water partition coefficient (Wildman–Crippen LogP) is 2.03. The Bertz CT molecular complexity index is 1100. The number of likely N-dealkylation sites (tertiary alicyclic amines) is 1. The van der Waals surface area contributed by atoms with E-state index in [1.165, 1.54) is 22.0 Å². The summed E-state index contributed by atoms with van der Waals surface area (Å²) in [5.41, 5.74) is 3.08. The zero-order valence-electron chi connectivity index (χ0n) is 17.4. The van der Waals surface area contributed by atoms with Crippen molar-refractivity contribution in [1.82, 2.24) is 24.9 Å². The van der Waals surface area contributed by atoms with Crippen molar-refractivity contribution in [2.24, 2.45) is 5.92 Å². The van der Waals surface area contributed by atoms with E-state index in [2.05, 4.69) is 51.5 Å². The third-order valence-corrected chi connectivity index (χ3v) is 5.90. The molecule has 4 rings (SSSR count). The van der Waals surface area contributed by atoms with Crippen LogP contribution >= 0.6 is 0 Å². The summed E-state index contributed by atoms with van der Waals surface area (Å²) in [7, 11) is 0. The van der Waals surface area contributed by atoms with Gasteiger partial charge in [-0.3, -0.25) is 19.1 Å². The lowest BCUT2D eigenvalue weighted by molar-refractivity contribution is -0.122. The predicted molar refractivity (Wildman–Crippen MR) is 113 cm³/mol. The normalized spacial score (nSPS) is 15.5. The zero-order chi connectivity index (χ0) is 21.1. The highest BCUT2D eigenvalue weighted by Gasteiger charge is 2.20. The van der Waals surface area contributed by atoms with E-state index >= 15 is 0 Å². The number of benzene rings is 1. The number of hydrogen-bond acceptors (Lipinski definition) is 6. The molecule has 1 N–H and O–H groups in total. The fraction of sp³-hybridized carbons (Fsp3) is 0.455. The van der Waals surface area contributed by atoms with Crippen LogP contribution in [0.4, 0.5) is 0 Å². The SMILES string of the molecule is Cc1ccccc1CN1CCC(CNC(=O)Cn2cnc3onc(C)c3c2=O)CC1. The molecule has 30 heavy (non-hydrogen) atoms. The van der Waals surface area contributed by atoms with Crippen molar-refractivity contribution in [3.05, 3.63) is 57.8 Å². The van der Waals surface area contributed by atoms with Gasteiger partial charge in [0.2, 0.25) is 5.91 Å². The van der Waals surface area contributed by atoms with E-state index in [0.717, 1.165) is 32.5 Å². The van der Waals surface area contributed by atoms with Gasteiger partial charge in [-0.25, -0.2) is 4.98 Å². The maximum absolute atomic E-state index is 12.5. The molecule has 1 saturated heterocycles. The van der Waals surface area contributed by atoms with Crippen molar-refractivity contribution in [2.45, 2.75) is 39.8 Å². The Morgan fingerprint density at radius 3 is 2.77 bits per heavy atom. The Kier molecular flexibility index (Phi) is 5.94. The number of carbonyl (C=O) groups excluding carboxylic acids is 1. The largest absolute Gasteiger partial charge is 0.354 e. The number of fused-ring (bicyclic) bond motifs is 1. The van der Waals surface area contributed by atoms with Crippen LogP contribution in [-0.2, 0) is 17.9 Å². The molecule has 1 aliphatic rings. The number of carbonyl (C=O) groups is 1. The van der Waals surface area contributed by atoms with Crippen LogP contribution in [0.5, 0.6) is 0 Å². The minimum atomic E-state index is -0.307. The third kappa shape index (κ3) is 4.43. The van der Waals surface area contributed by atoms with E-state index < -0.39 is 0 Å². The number of rotatable bonds is 6. The van der Waals surface area contributed by atoms with Crippen LogP contribution in [-0.4, -0.2) is 45.1 Å². The van der Waals surface area contributed by atoms with Crippen LogP contribution in [0.1, 0.15) is 29.7 Å². The lowest BCUT2D eigenvalue weighted by Gasteiger charge is -2.32.